The topological polar surface area (TPSA) is 50.4 Å². The number of hydrogen-bond donors (Lipinski definition) is 2. The van der Waals surface area contributed by atoms with E-state index in [1.165, 1.54) is 0 Å². The van der Waals surface area contributed by atoms with Gasteiger partial charge in [0.15, 0.2) is 5.11 Å². The molecule has 0 bridgehead atoms. The number of thiocarbonyl (C=S) groups is 1. The molecule has 32 heavy (non-hydrogen) atoms. The van der Waals surface area contributed by atoms with Gasteiger partial charge in [0.1, 0.15) is 12.4 Å². The number of amides is 1. The standard InChI is InChI=1S/C27H22N2O2S/c30-26(23-13-11-22(12-14-23)21-9-5-2-6-10-21)29-27(32)28-24-15-17-25(18-16-24)31-19-20-7-3-1-4-8-20/h1-18H,19H2,(H2,28,29,30,32). The summed E-state index contributed by atoms with van der Waals surface area (Å²) in [5, 5.41) is 5.98. The van der Waals surface area contributed by atoms with Crippen LogP contribution in [0.15, 0.2) is 109 Å². The van der Waals surface area contributed by atoms with Crippen LogP contribution in [0.5, 0.6) is 5.75 Å². The average Bonchev–Trinajstić information content (AvgIpc) is 2.85. The predicted octanol–water partition coefficient (Wildman–Crippen LogP) is 6.06. The van der Waals surface area contributed by atoms with Crippen molar-refractivity contribution in [2.75, 3.05) is 5.32 Å². The minimum absolute atomic E-state index is 0.236. The Hall–Kier alpha value is -3.96. The molecule has 0 aliphatic carbocycles. The van der Waals surface area contributed by atoms with Crippen LogP contribution in [0.4, 0.5) is 5.69 Å². The van der Waals surface area contributed by atoms with Gasteiger partial charge < -0.3 is 10.1 Å². The van der Waals surface area contributed by atoms with Gasteiger partial charge in [-0.2, -0.15) is 0 Å². The molecule has 0 aliphatic heterocycles. The highest BCUT2D eigenvalue weighted by molar-refractivity contribution is 7.80. The summed E-state index contributed by atoms with van der Waals surface area (Å²) in [5.74, 6) is 0.498. The molecule has 158 valence electrons. The lowest BCUT2D eigenvalue weighted by molar-refractivity contribution is 0.0977. The fourth-order valence-electron chi connectivity index (χ4n) is 3.16. The summed E-state index contributed by atoms with van der Waals surface area (Å²) < 4.78 is 5.79. The van der Waals surface area contributed by atoms with Gasteiger partial charge in [0.2, 0.25) is 0 Å². The second-order valence-electron chi connectivity index (χ2n) is 7.15. The first-order valence-electron chi connectivity index (χ1n) is 10.2. The quantitative estimate of drug-likeness (QED) is 0.359. The molecule has 1 amide bonds. The molecule has 0 aromatic heterocycles. The van der Waals surface area contributed by atoms with Crippen LogP contribution < -0.4 is 15.4 Å². The van der Waals surface area contributed by atoms with Gasteiger partial charge in [-0.1, -0.05) is 72.8 Å². The van der Waals surface area contributed by atoms with Crippen LogP contribution in [0.1, 0.15) is 15.9 Å². The molecule has 0 saturated carbocycles. The van der Waals surface area contributed by atoms with Gasteiger partial charge in [-0.3, -0.25) is 10.1 Å². The van der Waals surface area contributed by atoms with E-state index in [0.717, 1.165) is 28.1 Å². The molecule has 0 fully saturated rings. The van der Waals surface area contributed by atoms with Crippen molar-refractivity contribution in [1.82, 2.24) is 5.32 Å². The molecule has 0 spiro atoms. The van der Waals surface area contributed by atoms with Crippen LogP contribution in [-0.2, 0) is 6.61 Å². The molecule has 0 saturated heterocycles. The lowest BCUT2D eigenvalue weighted by Gasteiger charge is -2.11. The van der Waals surface area contributed by atoms with Crippen molar-refractivity contribution in [3.63, 3.8) is 0 Å². The number of benzene rings is 4. The summed E-state index contributed by atoms with van der Waals surface area (Å²) in [7, 11) is 0. The van der Waals surface area contributed by atoms with Crippen LogP contribution in [0.2, 0.25) is 0 Å². The summed E-state index contributed by atoms with van der Waals surface area (Å²) >= 11 is 5.29. The second-order valence-corrected chi connectivity index (χ2v) is 7.56. The highest BCUT2D eigenvalue weighted by Gasteiger charge is 2.09. The first kappa shape index (κ1) is 21.3. The molecule has 0 radical (unpaired) electrons. The lowest BCUT2D eigenvalue weighted by atomic mass is 10.0. The number of nitrogens with one attached hydrogen (secondary N) is 2. The van der Waals surface area contributed by atoms with Crippen LogP contribution in [0.3, 0.4) is 0 Å². The molecular formula is C27H22N2O2S. The third-order valence-corrected chi connectivity index (χ3v) is 5.05. The Balaban J connectivity index is 1.29. The molecule has 4 nitrogen and oxygen atoms in total. The van der Waals surface area contributed by atoms with Crippen molar-refractivity contribution < 1.29 is 9.53 Å². The zero-order valence-electron chi connectivity index (χ0n) is 17.3. The number of carbonyl (C=O) groups excluding carboxylic acids is 1. The lowest BCUT2D eigenvalue weighted by Crippen LogP contribution is -2.34. The SMILES string of the molecule is O=C(NC(=S)Nc1ccc(OCc2ccccc2)cc1)c1ccc(-c2ccccc2)cc1. The minimum Gasteiger partial charge on any atom is -0.489 e. The summed E-state index contributed by atoms with van der Waals surface area (Å²) in [4.78, 5) is 12.5. The van der Waals surface area contributed by atoms with Gasteiger partial charge in [0, 0.05) is 11.3 Å². The molecule has 0 heterocycles. The fraction of sp³-hybridized carbons (Fsp3) is 0.0370. The largest absolute Gasteiger partial charge is 0.489 e. The van der Waals surface area contributed by atoms with Gasteiger partial charge >= 0.3 is 0 Å². The zero-order valence-corrected chi connectivity index (χ0v) is 18.1. The van der Waals surface area contributed by atoms with E-state index in [2.05, 4.69) is 10.6 Å². The van der Waals surface area contributed by atoms with E-state index in [0.29, 0.717) is 12.2 Å². The van der Waals surface area contributed by atoms with E-state index in [1.54, 1.807) is 12.1 Å². The Bertz CT molecular complexity index is 1180. The highest BCUT2D eigenvalue weighted by atomic mass is 32.1. The van der Waals surface area contributed by atoms with E-state index in [-0.39, 0.29) is 11.0 Å². The maximum atomic E-state index is 12.5. The zero-order chi connectivity index (χ0) is 22.2. The van der Waals surface area contributed by atoms with Crippen LogP contribution in [-0.4, -0.2) is 11.0 Å². The monoisotopic (exact) mass is 438 g/mol. The van der Waals surface area contributed by atoms with E-state index in [1.807, 2.05) is 97.1 Å². The second kappa shape index (κ2) is 10.4. The Kier molecular flexibility index (Phi) is 6.90. The molecule has 4 aromatic rings. The predicted molar refractivity (Wildman–Crippen MR) is 133 cm³/mol. The van der Waals surface area contributed by atoms with E-state index in [4.69, 9.17) is 17.0 Å². The normalized spacial score (nSPS) is 10.2. The van der Waals surface area contributed by atoms with Crippen molar-refractivity contribution in [3.05, 3.63) is 120 Å². The third kappa shape index (κ3) is 5.80. The molecular weight excluding hydrogens is 416 g/mol. The van der Waals surface area contributed by atoms with Crippen molar-refractivity contribution in [2.45, 2.75) is 6.61 Å². The average molecular weight is 439 g/mol. The molecule has 0 unspecified atom stereocenters. The summed E-state index contributed by atoms with van der Waals surface area (Å²) in [6.07, 6.45) is 0. The van der Waals surface area contributed by atoms with Gasteiger partial charge in [-0.15, -0.1) is 0 Å². The number of carbonyl (C=O) groups is 1. The maximum absolute atomic E-state index is 12.5. The van der Waals surface area contributed by atoms with Crippen LogP contribution >= 0.6 is 12.2 Å². The van der Waals surface area contributed by atoms with Gasteiger partial charge in [-0.25, -0.2) is 0 Å². The highest BCUT2D eigenvalue weighted by Crippen LogP contribution is 2.20. The Morgan fingerprint density at radius 1 is 0.719 bits per heavy atom. The van der Waals surface area contributed by atoms with Gasteiger partial charge in [0.25, 0.3) is 5.91 Å². The summed E-state index contributed by atoms with van der Waals surface area (Å²) in [6, 6.07) is 34.9. The summed E-state index contributed by atoms with van der Waals surface area (Å²) in [5.41, 5.74) is 4.57. The van der Waals surface area contributed by atoms with E-state index in [9.17, 15) is 4.79 Å². The van der Waals surface area contributed by atoms with Crippen molar-refractivity contribution in [2.24, 2.45) is 0 Å². The smallest absolute Gasteiger partial charge is 0.257 e. The number of rotatable bonds is 6. The molecule has 0 atom stereocenters. The van der Waals surface area contributed by atoms with Crippen molar-refractivity contribution >= 4 is 28.9 Å². The molecule has 5 heteroatoms. The number of anilines is 1. The van der Waals surface area contributed by atoms with Gasteiger partial charge in [-0.05, 0) is 65.3 Å². The molecule has 4 rings (SSSR count). The minimum atomic E-state index is -0.259. The van der Waals surface area contributed by atoms with Crippen LogP contribution in [0.25, 0.3) is 11.1 Å². The fourth-order valence-corrected chi connectivity index (χ4v) is 3.37. The maximum Gasteiger partial charge on any atom is 0.257 e. The first-order valence-corrected chi connectivity index (χ1v) is 10.6. The van der Waals surface area contributed by atoms with Gasteiger partial charge in [0.05, 0.1) is 0 Å². The van der Waals surface area contributed by atoms with Crippen molar-refractivity contribution in [3.8, 4) is 16.9 Å². The number of ether oxygens (including phenoxy) is 1. The first-order chi connectivity index (χ1) is 15.7. The summed E-state index contributed by atoms with van der Waals surface area (Å²) in [6.45, 7) is 0.505. The Morgan fingerprint density at radius 3 is 1.97 bits per heavy atom. The van der Waals surface area contributed by atoms with Crippen LogP contribution in [0, 0.1) is 0 Å². The van der Waals surface area contributed by atoms with E-state index >= 15 is 0 Å². The molecule has 0 aliphatic rings. The molecule has 4 aromatic carbocycles. The Labute approximate surface area is 192 Å². The third-order valence-electron chi connectivity index (χ3n) is 4.84. The molecule has 2 N–H and O–H groups in total. The Morgan fingerprint density at radius 2 is 1.31 bits per heavy atom. The van der Waals surface area contributed by atoms with E-state index < -0.39 is 0 Å². The number of hydrogen-bond acceptors (Lipinski definition) is 3. The van der Waals surface area contributed by atoms with Crippen molar-refractivity contribution in [1.29, 1.82) is 0 Å².